The summed E-state index contributed by atoms with van der Waals surface area (Å²) in [4.78, 5) is 16.3. The summed E-state index contributed by atoms with van der Waals surface area (Å²) >= 11 is 0. The number of carbonyl (C=O) groups excluding carboxylic acids is 1. The van der Waals surface area contributed by atoms with Gasteiger partial charge >= 0.3 is 0 Å². The summed E-state index contributed by atoms with van der Waals surface area (Å²) in [5.41, 5.74) is 2.07. The van der Waals surface area contributed by atoms with Gasteiger partial charge in [-0.3, -0.25) is 9.78 Å². The quantitative estimate of drug-likeness (QED) is 0.891. The molecule has 2 aromatic rings. The van der Waals surface area contributed by atoms with E-state index < -0.39 is 0 Å². The number of methoxy groups -OCH3 is 2. The summed E-state index contributed by atoms with van der Waals surface area (Å²) in [5, 5.41) is 2.84. The molecule has 0 atom stereocenters. The molecule has 0 aliphatic rings. The first-order valence-electron chi connectivity index (χ1n) is 7.15. The van der Waals surface area contributed by atoms with Crippen LogP contribution in [0.15, 0.2) is 36.7 Å². The second kappa shape index (κ2) is 7.45. The molecule has 5 heteroatoms. The zero-order valence-electron chi connectivity index (χ0n) is 13.1. The first kappa shape index (κ1) is 15.8. The van der Waals surface area contributed by atoms with Gasteiger partial charge in [-0.05, 0) is 24.6 Å². The fraction of sp³-hybridized carbons (Fsp3) is 0.294. The molecule has 0 aliphatic carbocycles. The van der Waals surface area contributed by atoms with Crippen molar-refractivity contribution in [3.8, 4) is 22.6 Å². The van der Waals surface area contributed by atoms with Crippen LogP contribution in [0.25, 0.3) is 11.1 Å². The van der Waals surface area contributed by atoms with E-state index in [1.807, 2.05) is 25.1 Å². The highest BCUT2D eigenvalue weighted by atomic mass is 16.5. The Kier molecular flexibility index (Phi) is 5.36. The van der Waals surface area contributed by atoms with E-state index in [2.05, 4.69) is 10.3 Å². The lowest BCUT2D eigenvalue weighted by Gasteiger charge is -2.13. The molecular weight excluding hydrogens is 280 g/mol. The molecule has 0 saturated heterocycles. The van der Waals surface area contributed by atoms with Crippen molar-refractivity contribution in [1.82, 2.24) is 10.3 Å². The Balaban J connectivity index is 2.44. The summed E-state index contributed by atoms with van der Waals surface area (Å²) in [6.07, 6.45) is 4.13. The van der Waals surface area contributed by atoms with E-state index in [4.69, 9.17) is 9.47 Å². The molecule has 22 heavy (non-hydrogen) atoms. The molecule has 0 spiro atoms. The number of aromatic nitrogens is 1. The van der Waals surface area contributed by atoms with Crippen LogP contribution >= 0.6 is 0 Å². The smallest absolute Gasteiger partial charge is 0.252 e. The van der Waals surface area contributed by atoms with Crippen LogP contribution in [-0.4, -0.2) is 31.7 Å². The van der Waals surface area contributed by atoms with Gasteiger partial charge in [-0.1, -0.05) is 13.0 Å². The van der Waals surface area contributed by atoms with Gasteiger partial charge in [0.1, 0.15) is 11.5 Å². The van der Waals surface area contributed by atoms with Crippen molar-refractivity contribution < 1.29 is 14.3 Å². The van der Waals surface area contributed by atoms with Crippen LogP contribution in [0.1, 0.15) is 23.7 Å². The van der Waals surface area contributed by atoms with Crippen molar-refractivity contribution in [2.24, 2.45) is 0 Å². The number of nitrogens with zero attached hydrogens (tertiary/aromatic N) is 1. The first-order valence-corrected chi connectivity index (χ1v) is 7.15. The van der Waals surface area contributed by atoms with Crippen LogP contribution in [0.4, 0.5) is 0 Å². The maximum atomic E-state index is 12.1. The van der Waals surface area contributed by atoms with Crippen LogP contribution in [0.2, 0.25) is 0 Å². The van der Waals surface area contributed by atoms with Crippen LogP contribution in [0.5, 0.6) is 11.5 Å². The van der Waals surface area contributed by atoms with Gasteiger partial charge in [0, 0.05) is 24.5 Å². The zero-order valence-corrected chi connectivity index (χ0v) is 13.1. The number of hydrogen-bond acceptors (Lipinski definition) is 4. The summed E-state index contributed by atoms with van der Waals surface area (Å²) in [5.74, 6) is 1.21. The predicted octanol–water partition coefficient (Wildman–Crippen LogP) is 2.91. The number of amides is 1. The fourth-order valence-electron chi connectivity index (χ4n) is 2.18. The lowest BCUT2D eigenvalue weighted by molar-refractivity contribution is 0.0953. The van der Waals surface area contributed by atoms with Gasteiger partial charge in [0.05, 0.1) is 25.3 Å². The molecule has 1 aromatic carbocycles. The molecule has 0 bridgehead atoms. The van der Waals surface area contributed by atoms with Crippen molar-refractivity contribution in [2.75, 3.05) is 20.8 Å². The molecule has 1 amide bonds. The molecule has 1 heterocycles. The van der Waals surface area contributed by atoms with Gasteiger partial charge in [0.2, 0.25) is 0 Å². The minimum atomic E-state index is -0.134. The minimum Gasteiger partial charge on any atom is -0.496 e. The average Bonchev–Trinajstić information content (AvgIpc) is 2.58. The maximum Gasteiger partial charge on any atom is 0.252 e. The molecule has 0 fully saturated rings. The monoisotopic (exact) mass is 300 g/mol. The van der Waals surface area contributed by atoms with E-state index in [1.165, 1.54) is 0 Å². The molecular formula is C17H20N2O3. The van der Waals surface area contributed by atoms with E-state index in [1.54, 1.807) is 32.7 Å². The molecule has 0 aliphatic heterocycles. The summed E-state index contributed by atoms with van der Waals surface area (Å²) in [6.45, 7) is 2.65. The largest absolute Gasteiger partial charge is 0.496 e. The predicted molar refractivity (Wildman–Crippen MR) is 85.4 cm³/mol. The molecule has 1 aromatic heterocycles. The Hall–Kier alpha value is -2.56. The molecule has 2 rings (SSSR count). The summed E-state index contributed by atoms with van der Waals surface area (Å²) in [7, 11) is 3.20. The number of ether oxygens (including phenoxy) is 2. The second-order valence-electron chi connectivity index (χ2n) is 4.76. The highest BCUT2D eigenvalue weighted by Gasteiger charge is 2.14. The Bertz CT molecular complexity index is 634. The average molecular weight is 300 g/mol. The van der Waals surface area contributed by atoms with Crippen molar-refractivity contribution in [3.05, 3.63) is 42.2 Å². The third kappa shape index (κ3) is 3.36. The molecule has 0 saturated carbocycles. The topological polar surface area (TPSA) is 60.5 Å². The van der Waals surface area contributed by atoms with E-state index in [0.717, 1.165) is 17.5 Å². The normalized spacial score (nSPS) is 10.1. The second-order valence-corrected chi connectivity index (χ2v) is 4.76. The van der Waals surface area contributed by atoms with E-state index >= 15 is 0 Å². The van der Waals surface area contributed by atoms with Crippen LogP contribution in [0.3, 0.4) is 0 Å². The molecule has 1 N–H and O–H groups in total. The van der Waals surface area contributed by atoms with E-state index in [9.17, 15) is 4.79 Å². The molecule has 5 nitrogen and oxygen atoms in total. The van der Waals surface area contributed by atoms with Gasteiger partial charge in [-0.2, -0.15) is 0 Å². The van der Waals surface area contributed by atoms with Crippen molar-refractivity contribution >= 4 is 5.91 Å². The Morgan fingerprint density at radius 3 is 2.45 bits per heavy atom. The van der Waals surface area contributed by atoms with Crippen molar-refractivity contribution in [2.45, 2.75) is 13.3 Å². The van der Waals surface area contributed by atoms with E-state index in [-0.39, 0.29) is 5.91 Å². The number of carbonyl (C=O) groups is 1. The van der Waals surface area contributed by atoms with E-state index in [0.29, 0.717) is 23.6 Å². The van der Waals surface area contributed by atoms with Gasteiger partial charge in [-0.25, -0.2) is 0 Å². The number of pyridine rings is 1. The Morgan fingerprint density at radius 1 is 1.18 bits per heavy atom. The number of hydrogen-bond donors (Lipinski definition) is 1. The van der Waals surface area contributed by atoms with Crippen LogP contribution < -0.4 is 14.8 Å². The molecule has 0 unspecified atom stereocenters. The highest BCUT2D eigenvalue weighted by molar-refractivity contribution is 5.95. The highest BCUT2D eigenvalue weighted by Crippen LogP contribution is 2.38. The third-order valence-corrected chi connectivity index (χ3v) is 3.25. The van der Waals surface area contributed by atoms with Gasteiger partial charge in [0.15, 0.2) is 0 Å². The van der Waals surface area contributed by atoms with Gasteiger partial charge in [0.25, 0.3) is 5.91 Å². The number of rotatable bonds is 6. The number of nitrogens with one attached hydrogen (secondary N) is 1. The lowest BCUT2D eigenvalue weighted by Crippen LogP contribution is -2.24. The lowest BCUT2D eigenvalue weighted by atomic mass is 10.0. The summed E-state index contributed by atoms with van der Waals surface area (Å²) in [6, 6.07) is 7.34. The van der Waals surface area contributed by atoms with Gasteiger partial charge < -0.3 is 14.8 Å². The SMILES string of the molecule is CCCNC(=O)c1cncc(-c2c(OC)cccc2OC)c1. The van der Waals surface area contributed by atoms with Crippen LogP contribution in [0, 0.1) is 0 Å². The summed E-state index contributed by atoms with van der Waals surface area (Å²) < 4.78 is 10.8. The standard InChI is InChI=1S/C17H20N2O3/c1-4-8-19-17(20)13-9-12(10-18-11-13)16-14(21-2)6-5-7-15(16)22-3/h5-7,9-11H,4,8H2,1-3H3,(H,19,20). The van der Waals surface area contributed by atoms with Crippen molar-refractivity contribution in [3.63, 3.8) is 0 Å². The van der Waals surface area contributed by atoms with Crippen molar-refractivity contribution in [1.29, 1.82) is 0 Å². The molecule has 116 valence electrons. The molecule has 0 radical (unpaired) electrons. The van der Waals surface area contributed by atoms with Gasteiger partial charge in [-0.15, -0.1) is 0 Å². The first-order chi connectivity index (χ1) is 10.7. The zero-order chi connectivity index (χ0) is 15.9. The number of benzene rings is 1. The Labute approximate surface area is 130 Å². The fourth-order valence-corrected chi connectivity index (χ4v) is 2.18. The third-order valence-electron chi connectivity index (χ3n) is 3.25. The minimum absolute atomic E-state index is 0.134. The Morgan fingerprint density at radius 2 is 1.86 bits per heavy atom. The maximum absolute atomic E-state index is 12.1. The van der Waals surface area contributed by atoms with Crippen LogP contribution in [-0.2, 0) is 0 Å².